The first-order valence-electron chi connectivity index (χ1n) is 26.2. The molecule has 0 atom stereocenters. The van der Waals surface area contributed by atoms with Crippen LogP contribution in [0.2, 0.25) is 0 Å². The van der Waals surface area contributed by atoms with Crippen LogP contribution in [0.5, 0.6) is 0 Å². The SMILES string of the molecule is C=C/C=C\c1c(C)oc2c(N(c3ccccc3-c3ccccc3)c3cc(C(C)C)c4ccc5c(N(c6ccccc6-c6ccccc6)c6cccc7c6oc6ccccc67)cc(C(C)C)c6ccc3c4c65)cccc12. The van der Waals surface area contributed by atoms with E-state index in [1.807, 2.05) is 12.2 Å². The molecule has 2 aromatic heterocycles. The fourth-order valence-electron chi connectivity index (χ4n) is 11.9. The van der Waals surface area contributed by atoms with Gasteiger partial charge in [0.15, 0.2) is 11.2 Å². The van der Waals surface area contributed by atoms with Crippen LogP contribution >= 0.6 is 0 Å². The average Bonchev–Trinajstić information content (AvgIpc) is 4.00. The molecule has 0 radical (unpaired) electrons. The predicted octanol–water partition coefficient (Wildman–Crippen LogP) is 21.3. The summed E-state index contributed by atoms with van der Waals surface area (Å²) in [5.74, 6) is 1.25. The van der Waals surface area contributed by atoms with Crippen molar-refractivity contribution < 1.29 is 8.83 Å². The fraction of sp³-hybridized carbons (Fsp3) is 0.0986. The van der Waals surface area contributed by atoms with E-state index in [2.05, 4.69) is 263 Å². The van der Waals surface area contributed by atoms with Crippen LogP contribution in [0.25, 0.3) is 93.6 Å². The normalized spacial score (nSPS) is 12.0. The van der Waals surface area contributed by atoms with Gasteiger partial charge in [0.05, 0.1) is 34.1 Å². The maximum Gasteiger partial charge on any atom is 0.159 e. The molecule has 0 saturated carbocycles. The van der Waals surface area contributed by atoms with E-state index in [4.69, 9.17) is 8.83 Å². The average molecular weight is 969 g/mol. The molecule has 11 aromatic carbocycles. The van der Waals surface area contributed by atoms with E-state index in [-0.39, 0.29) is 11.8 Å². The molecule has 75 heavy (non-hydrogen) atoms. The zero-order valence-corrected chi connectivity index (χ0v) is 42.9. The largest absolute Gasteiger partial charge is 0.459 e. The molecular formula is C71H56N2O2. The van der Waals surface area contributed by atoms with Gasteiger partial charge in [-0.05, 0) is 105 Å². The Morgan fingerprint density at radius 1 is 0.400 bits per heavy atom. The summed E-state index contributed by atoms with van der Waals surface area (Å²) >= 11 is 0. The molecule has 0 bridgehead atoms. The maximum absolute atomic E-state index is 6.96. The van der Waals surface area contributed by atoms with Crippen molar-refractivity contribution >= 4 is 105 Å². The Hall–Kier alpha value is -9.12. The summed E-state index contributed by atoms with van der Waals surface area (Å²) in [7, 11) is 0. The number of benzene rings is 11. The van der Waals surface area contributed by atoms with E-state index in [1.54, 1.807) is 0 Å². The number of para-hydroxylation sites is 5. The van der Waals surface area contributed by atoms with Crippen molar-refractivity contribution in [3.8, 4) is 22.3 Å². The lowest BCUT2D eigenvalue weighted by atomic mass is 9.83. The van der Waals surface area contributed by atoms with Gasteiger partial charge in [-0.15, -0.1) is 0 Å². The standard InChI is InChI=1S/C71H56N2O2/c1-7-8-27-49-46(6)74-70-55(49)31-21-35-63(70)72(61-33-18-15-28-50(61)47-23-11-9-12-24-47)65-42-59(44(2)3)53-39-41-58-66(43-60(45(4)5)54-38-40-57(65)68(53)69(54)58)73(62-34-19-16-29-51(62)48-25-13-10-14-26-48)64-36-22-32-56-52-30-17-20-37-67(52)75-71(56)64/h7-45H,1H2,2-6H3/b27-8-. The summed E-state index contributed by atoms with van der Waals surface area (Å²) < 4.78 is 13.9. The second-order valence-electron chi connectivity index (χ2n) is 20.4. The van der Waals surface area contributed by atoms with Crippen molar-refractivity contribution in [3.63, 3.8) is 0 Å². The lowest BCUT2D eigenvalue weighted by Crippen LogP contribution is -2.14. The number of anilines is 6. The highest BCUT2D eigenvalue weighted by atomic mass is 16.3. The minimum atomic E-state index is 0.195. The number of fused-ring (bicyclic) bond motifs is 4. The lowest BCUT2D eigenvalue weighted by Gasteiger charge is -2.32. The van der Waals surface area contributed by atoms with Gasteiger partial charge in [-0.1, -0.05) is 216 Å². The quantitative estimate of drug-likeness (QED) is 0.0902. The summed E-state index contributed by atoms with van der Waals surface area (Å²) in [5, 5.41) is 10.5. The van der Waals surface area contributed by atoms with Crippen molar-refractivity contribution in [1.82, 2.24) is 0 Å². The Morgan fingerprint density at radius 3 is 1.37 bits per heavy atom. The van der Waals surface area contributed by atoms with E-state index in [0.717, 1.165) is 111 Å². The van der Waals surface area contributed by atoms with Gasteiger partial charge < -0.3 is 18.6 Å². The molecule has 4 nitrogen and oxygen atoms in total. The molecule has 13 rings (SSSR count). The van der Waals surface area contributed by atoms with Gasteiger partial charge in [0.25, 0.3) is 0 Å². The van der Waals surface area contributed by atoms with Crippen molar-refractivity contribution in [1.29, 1.82) is 0 Å². The van der Waals surface area contributed by atoms with Crippen LogP contribution in [0.3, 0.4) is 0 Å². The third-order valence-corrected chi connectivity index (χ3v) is 15.3. The highest BCUT2D eigenvalue weighted by Crippen LogP contribution is 2.54. The van der Waals surface area contributed by atoms with E-state index in [0.29, 0.717) is 0 Å². The first-order chi connectivity index (χ1) is 36.8. The van der Waals surface area contributed by atoms with Gasteiger partial charge in [0, 0.05) is 43.6 Å². The second-order valence-corrected chi connectivity index (χ2v) is 20.4. The summed E-state index contributed by atoms with van der Waals surface area (Å²) in [4.78, 5) is 4.96. The number of nitrogens with zero attached hydrogens (tertiary/aromatic N) is 2. The van der Waals surface area contributed by atoms with Crippen LogP contribution in [-0.4, -0.2) is 0 Å². The Kier molecular flexibility index (Phi) is 11.2. The van der Waals surface area contributed by atoms with E-state index < -0.39 is 0 Å². The number of rotatable bonds is 12. The zero-order chi connectivity index (χ0) is 50.9. The topological polar surface area (TPSA) is 32.8 Å². The molecule has 2 heterocycles. The molecule has 0 aliphatic carbocycles. The van der Waals surface area contributed by atoms with Crippen molar-refractivity contribution in [2.75, 3.05) is 9.80 Å². The Balaban J connectivity index is 1.17. The van der Waals surface area contributed by atoms with Gasteiger partial charge in [-0.2, -0.15) is 0 Å². The third-order valence-electron chi connectivity index (χ3n) is 15.3. The smallest absolute Gasteiger partial charge is 0.159 e. The fourth-order valence-corrected chi connectivity index (χ4v) is 11.9. The molecule has 0 aliphatic heterocycles. The van der Waals surface area contributed by atoms with Crippen LogP contribution in [0, 0.1) is 6.92 Å². The molecule has 362 valence electrons. The Bertz CT molecular complexity index is 4340. The van der Waals surface area contributed by atoms with Crippen molar-refractivity contribution in [2.24, 2.45) is 0 Å². The summed E-state index contributed by atoms with van der Waals surface area (Å²) in [6, 6.07) is 75.2. The van der Waals surface area contributed by atoms with Crippen LogP contribution in [0.1, 0.15) is 62.0 Å². The Morgan fingerprint density at radius 2 is 0.840 bits per heavy atom. The van der Waals surface area contributed by atoms with Crippen LogP contribution in [0.15, 0.2) is 234 Å². The maximum atomic E-state index is 6.96. The Labute approximate surface area is 438 Å². The van der Waals surface area contributed by atoms with Crippen LogP contribution in [0.4, 0.5) is 34.1 Å². The monoisotopic (exact) mass is 968 g/mol. The summed E-state index contributed by atoms with van der Waals surface area (Å²) in [5.41, 5.74) is 16.9. The molecule has 0 aliphatic rings. The number of aryl methyl sites for hydroxylation is 1. The molecule has 0 N–H and O–H groups in total. The van der Waals surface area contributed by atoms with E-state index in [1.165, 1.54) is 32.7 Å². The predicted molar refractivity (Wildman–Crippen MR) is 320 cm³/mol. The number of allylic oxidation sites excluding steroid dienone is 2. The molecule has 4 heteroatoms. The first kappa shape index (κ1) is 45.7. The molecule has 0 saturated heterocycles. The second kappa shape index (κ2) is 18.4. The van der Waals surface area contributed by atoms with Gasteiger partial charge in [-0.3, -0.25) is 0 Å². The number of hydrogen-bond donors (Lipinski definition) is 0. The molecule has 0 fully saturated rings. The highest BCUT2D eigenvalue weighted by molar-refractivity contribution is 6.30. The van der Waals surface area contributed by atoms with Gasteiger partial charge in [0.1, 0.15) is 11.3 Å². The highest BCUT2D eigenvalue weighted by Gasteiger charge is 2.30. The molecule has 13 aromatic rings. The molecule has 0 amide bonds. The van der Waals surface area contributed by atoms with E-state index in [9.17, 15) is 0 Å². The zero-order valence-electron chi connectivity index (χ0n) is 42.9. The van der Waals surface area contributed by atoms with Gasteiger partial charge in [-0.25, -0.2) is 0 Å². The molecule has 0 unspecified atom stereocenters. The van der Waals surface area contributed by atoms with Crippen LogP contribution < -0.4 is 9.80 Å². The first-order valence-corrected chi connectivity index (χ1v) is 26.2. The lowest BCUT2D eigenvalue weighted by molar-refractivity contribution is 0.578. The number of hydrogen-bond acceptors (Lipinski definition) is 4. The molecule has 0 spiro atoms. The minimum Gasteiger partial charge on any atom is -0.459 e. The molecular weight excluding hydrogens is 913 g/mol. The van der Waals surface area contributed by atoms with Crippen LogP contribution in [-0.2, 0) is 0 Å². The van der Waals surface area contributed by atoms with Gasteiger partial charge >= 0.3 is 0 Å². The van der Waals surface area contributed by atoms with E-state index >= 15 is 0 Å². The summed E-state index contributed by atoms with van der Waals surface area (Å²) in [6.07, 6.45) is 5.91. The number of furan rings is 2. The van der Waals surface area contributed by atoms with Crippen molar-refractivity contribution in [2.45, 2.75) is 46.5 Å². The van der Waals surface area contributed by atoms with Crippen molar-refractivity contribution in [3.05, 3.63) is 247 Å². The van der Waals surface area contributed by atoms with Gasteiger partial charge in [0.2, 0.25) is 0 Å². The minimum absolute atomic E-state index is 0.195. The third kappa shape index (κ3) is 7.42. The summed E-state index contributed by atoms with van der Waals surface area (Å²) in [6.45, 7) is 15.4.